The molecule has 1 atom stereocenters. The predicted molar refractivity (Wildman–Crippen MR) is 161 cm³/mol. The highest BCUT2D eigenvalue weighted by Gasteiger charge is 2.22. The van der Waals surface area contributed by atoms with Gasteiger partial charge >= 0.3 is 0 Å². The number of anilines is 2. The Morgan fingerprint density at radius 1 is 1.07 bits per heavy atom. The lowest BCUT2D eigenvalue weighted by Gasteiger charge is -2.23. The van der Waals surface area contributed by atoms with E-state index in [1.807, 2.05) is 46.8 Å². The SMILES string of the molecule is CC.Cc1cc(C(C)Nc2ccc(Cl)nc2C(N)=O)c2nc(N3CCCC3)n(C)c(=O)c2c1.Cc1ncccn1. The number of halogens is 1. The molecule has 1 fully saturated rings. The van der Waals surface area contributed by atoms with Crippen LogP contribution in [0.4, 0.5) is 11.6 Å². The van der Waals surface area contributed by atoms with Crippen LogP contribution in [0.2, 0.25) is 5.15 Å². The fraction of sp³-hybridized carbons (Fsp3) is 0.379. The van der Waals surface area contributed by atoms with Crippen LogP contribution in [0.1, 0.15) is 67.1 Å². The topological polar surface area (TPSA) is 132 Å². The summed E-state index contributed by atoms with van der Waals surface area (Å²) >= 11 is 5.93. The van der Waals surface area contributed by atoms with Crippen molar-refractivity contribution in [3.8, 4) is 0 Å². The molecule has 1 unspecified atom stereocenters. The lowest BCUT2D eigenvalue weighted by molar-refractivity contribution is 0.0996. The van der Waals surface area contributed by atoms with Gasteiger partial charge in [0.25, 0.3) is 11.5 Å². The van der Waals surface area contributed by atoms with Gasteiger partial charge in [0, 0.05) is 38.1 Å². The third-order valence-electron chi connectivity index (χ3n) is 6.35. The molecule has 40 heavy (non-hydrogen) atoms. The zero-order valence-corrected chi connectivity index (χ0v) is 24.7. The molecule has 0 saturated carbocycles. The number of hydrogen-bond acceptors (Lipinski definition) is 8. The third-order valence-corrected chi connectivity index (χ3v) is 6.56. The lowest BCUT2D eigenvalue weighted by atomic mass is 10.0. The van der Waals surface area contributed by atoms with E-state index in [0.717, 1.165) is 42.9 Å². The molecule has 1 aromatic carbocycles. The maximum atomic E-state index is 13.2. The first-order valence-electron chi connectivity index (χ1n) is 13.4. The molecule has 0 bridgehead atoms. The number of hydrogen-bond donors (Lipinski definition) is 2. The van der Waals surface area contributed by atoms with E-state index in [0.29, 0.717) is 22.5 Å². The van der Waals surface area contributed by atoms with Gasteiger partial charge in [0.1, 0.15) is 11.0 Å². The summed E-state index contributed by atoms with van der Waals surface area (Å²) in [6.45, 7) is 11.5. The van der Waals surface area contributed by atoms with E-state index in [1.54, 1.807) is 42.2 Å². The maximum Gasteiger partial charge on any atom is 0.269 e. The highest BCUT2D eigenvalue weighted by molar-refractivity contribution is 6.29. The van der Waals surface area contributed by atoms with Crippen molar-refractivity contribution in [1.29, 1.82) is 0 Å². The summed E-state index contributed by atoms with van der Waals surface area (Å²) in [4.78, 5) is 43.8. The summed E-state index contributed by atoms with van der Waals surface area (Å²) in [5, 5.41) is 4.05. The first-order chi connectivity index (χ1) is 19.2. The molecule has 11 heteroatoms. The van der Waals surface area contributed by atoms with Crippen molar-refractivity contribution in [2.24, 2.45) is 12.8 Å². The molecule has 0 radical (unpaired) electrons. The summed E-state index contributed by atoms with van der Waals surface area (Å²) in [7, 11) is 1.77. The Labute approximate surface area is 239 Å². The van der Waals surface area contributed by atoms with Gasteiger partial charge in [0.15, 0.2) is 5.69 Å². The minimum absolute atomic E-state index is 0.0675. The molecule has 1 aliphatic rings. The van der Waals surface area contributed by atoms with Crippen molar-refractivity contribution in [3.05, 3.63) is 80.9 Å². The van der Waals surface area contributed by atoms with Crippen LogP contribution in [0.3, 0.4) is 0 Å². The maximum absolute atomic E-state index is 13.2. The van der Waals surface area contributed by atoms with Crippen LogP contribution in [-0.2, 0) is 7.05 Å². The van der Waals surface area contributed by atoms with Crippen LogP contribution in [0.15, 0.2) is 47.5 Å². The van der Waals surface area contributed by atoms with Gasteiger partial charge in [-0.05, 0) is 63.4 Å². The smallest absolute Gasteiger partial charge is 0.269 e. The van der Waals surface area contributed by atoms with Gasteiger partial charge in [-0.1, -0.05) is 31.5 Å². The molecular formula is C29H37ClN8O2. The number of pyridine rings is 1. The Morgan fingerprint density at radius 2 is 1.73 bits per heavy atom. The Morgan fingerprint density at radius 3 is 2.30 bits per heavy atom. The molecule has 212 valence electrons. The number of benzene rings is 1. The van der Waals surface area contributed by atoms with Gasteiger partial charge in [0.2, 0.25) is 5.95 Å². The van der Waals surface area contributed by atoms with Gasteiger partial charge in [-0.25, -0.2) is 19.9 Å². The third kappa shape index (κ3) is 7.12. The standard InChI is InChI=1S/C22H25ClN6O2.C5H6N2.C2H6/c1-12-10-14(13(2)25-16-6-7-17(23)26-19(16)20(24)30)18-15(11-12)21(31)28(3)22(27-18)29-8-4-5-9-29;1-5-6-3-2-4-7-5;1-2/h6-7,10-11,13,25H,4-5,8-9H2,1-3H3,(H2,24,30);2-4H,1H3;1-2H3. The fourth-order valence-electron chi connectivity index (χ4n) is 4.50. The molecule has 10 nitrogen and oxygen atoms in total. The van der Waals surface area contributed by atoms with Gasteiger partial charge in [-0.3, -0.25) is 14.2 Å². The van der Waals surface area contributed by atoms with Gasteiger partial charge in [-0.2, -0.15) is 0 Å². The van der Waals surface area contributed by atoms with Crippen LogP contribution in [0.5, 0.6) is 0 Å². The Balaban J connectivity index is 0.000000422. The van der Waals surface area contributed by atoms with E-state index in [1.165, 1.54) is 0 Å². The first-order valence-corrected chi connectivity index (χ1v) is 13.8. The number of aromatic nitrogens is 5. The zero-order chi connectivity index (χ0) is 29.4. The number of primary amides is 1. The summed E-state index contributed by atoms with van der Waals surface area (Å²) in [5.41, 5.74) is 8.41. The van der Waals surface area contributed by atoms with E-state index in [2.05, 4.69) is 25.2 Å². The number of nitrogens with one attached hydrogen (secondary N) is 1. The minimum Gasteiger partial charge on any atom is -0.377 e. The van der Waals surface area contributed by atoms with Crippen LogP contribution < -0.4 is 21.5 Å². The largest absolute Gasteiger partial charge is 0.377 e. The number of aryl methyl sites for hydroxylation is 2. The lowest BCUT2D eigenvalue weighted by Crippen LogP contribution is -2.30. The summed E-state index contributed by atoms with van der Waals surface area (Å²) < 4.78 is 1.63. The average Bonchev–Trinajstić information content (AvgIpc) is 3.48. The highest BCUT2D eigenvalue weighted by atomic mass is 35.5. The van der Waals surface area contributed by atoms with E-state index in [9.17, 15) is 9.59 Å². The normalized spacial score (nSPS) is 13.1. The average molecular weight is 565 g/mol. The molecular weight excluding hydrogens is 528 g/mol. The summed E-state index contributed by atoms with van der Waals surface area (Å²) in [5.74, 6) is 0.829. The van der Waals surface area contributed by atoms with Crippen LogP contribution in [0, 0.1) is 13.8 Å². The second-order valence-electron chi connectivity index (χ2n) is 9.28. The second-order valence-corrected chi connectivity index (χ2v) is 9.66. The molecule has 1 aliphatic heterocycles. The Hall–Kier alpha value is -4.05. The van der Waals surface area contributed by atoms with Crippen molar-refractivity contribution in [1.82, 2.24) is 24.5 Å². The van der Waals surface area contributed by atoms with Crippen molar-refractivity contribution in [2.75, 3.05) is 23.3 Å². The van der Waals surface area contributed by atoms with E-state index >= 15 is 0 Å². The second kappa shape index (κ2) is 13.8. The number of amides is 1. The fourth-order valence-corrected chi connectivity index (χ4v) is 4.64. The number of nitrogens with zero attached hydrogens (tertiary/aromatic N) is 6. The number of carbonyl (C=O) groups is 1. The summed E-state index contributed by atoms with van der Waals surface area (Å²) in [6.07, 6.45) is 5.63. The van der Waals surface area contributed by atoms with Crippen molar-refractivity contribution >= 4 is 40.0 Å². The van der Waals surface area contributed by atoms with Crippen LogP contribution >= 0.6 is 11.6 Å². The number of carbonyl (C=O) groups excluding carboxylic acids is 1. The van der Waals surface area contributed by atoms with Crippen LogP contribution in [-0.4, -0.2) is 43.5 Å². The minimum atomic E-state index is -0.672. The summed E-state index contributed by atoms with van der Waals surface area (Å²) in [6, 6.07) is 8.67. The molecule has 4 heterocycles. The quantitative estimate of drug-likeness (QED) is 0.325. The van der Waals surface area contributed by atoms with Crippen LogP contribution in [0.25, 0.3) is 10.9 Å². The van der Waals surface area contributed by atoms with Gasteiger partial charge in [0.05, 0.1) is 22.6 Å². The van der Waals surface area contributed by atoms with E-state index in [4.69, 9.17) is 22.3 Å². The van der Waals surface area contributed by atoms with Crippen molar-refractivity contribution in [2.45, 2.75) is 53.5 Å². The molecule has 3 aromatic heterocycles. The molecule has 4 aromatic rings. The van der Waals surface area contributed by atoms with E-state index in [-0.39, 0.29) is 22.4 Å². The monoisotopic (exact) mass is 564 g/mol. The molecule has 0 spiro atoms. The molecule has 1 amide bonds. The van der Waals surface area contributed by atoms with Gasteiger partial charge in [-0.15, -0.1) is 0 Å². The zero-order valence-electron chi connectivity index (χ0n) is 23.9. The number of rotatable bonds is 5. The molecule has 0 aliphatic carbocycles. The highest BCUT2D eigenvalue weighted by Crippen LogP contribution is 2.29. The Kier molecular flexibility index (Phi) is 10.6. The molecule has 3 N–H and O–H groups in total. The number of fused-ring (bicyclic) bond motifs is 1. The van der Waals surface area contributed by atoms with Crippen molar-refractivity contribution < 1.29 is 4.79 Å². The first kappa shape index (κ1) is 30.5. The predicted octanol–water partition coefficient (Wildman–Crippen LogP) is 4.97. The van der Waals surface area contributed by atoms with E-state index < -0.39 is 5.91 Å². The molecule has 1 saturated heterocycles. The van der Waals surface area contributed by atoms with Gasteiger partial charge < -0.3 is 16.0 Å². The molecule has 5 rings (SSSR count). The van der Waals surface area contributed by atoms with Crippen molar-refractivity contribution in [3.63, 3.8) is 0 Å². The number of nitrogens with two attached hydrogens (primary N) is 1. The Bertz CT molecular complexity index is 1520.